The van der Waals surface area contributed by atoms with Crippen LogP contribution in [0.5, 0.6) is 0 Å². The zero-order valence-electron chi connectivity index (χ0n) is 12.9. The van der Waals surface area contributed by atoms with Crippen LogP contribution in [0.15, 0.2) is 22.8 Å². The topological polar surface area (TPSA) is 71.5 Å². The highest BCUT2D eigenvalue weighted by Gasteiger charge is 2.29. The van der Waals surface area contributed by atoms with Crippen molar-refractivity contribution < 1.29 is 9.21 Å². The van der Waals surface area contributed by atoms with Gasteiger partial charge < -0.3 is 15.5 Å². The molecule has 0 saturated heterocycles. The van der Waals surface area contributed by atoms with Crippen molar-refractivity contribution in [2.75, 3.05) is 19.6 Å². The quantitative estimate of drug-likeness (QED) is 0.803. The minimum Gasteiger partial charge on any atom is -0.467 e. The van der Waals surface area contributed by atoms with Gasteiger partial charge in [0, 0.05) is 6.04 Å². The number of amides is 1. The van der Waals surface area contributed by atoms with Crippen molar-refractivity contribution in [3.63, 3.8) is 0 Å². The van der Waals surface area contributed by atoms with Gasteiger partial charge in [0.25, 0.3) is 0 Å². The second-order valence-corrected chi connectivity index (χ2v) is 5.77. The molecule has 1 aromatic heterocycles. The first-order valence-electron chi connectivity index (χ1n) is 7.97. The van der Waals surface area contributed by atoms with Crippen LogP contribution < -0.4 is 11.1 Å². The minimum absolute atomic E-state index is 0.0506. The molecule has 0 bridgehead atoms. The number of likely N-dealkylation sites (N-methyl/N-ethyl adjacent to an activating group) is 1. The molecule has 1 saturated carbocycles. The average Bonchev–Trinajstić information content (AvgIpc) is 3.04. The summed E-state index contributed by atoms with van der Waals surface area (Å²) in [6.45, 7) is 4.61. The fourth-order valence-corrected chi connectivity index (χ4v) is 3.25. The van der Waals surface area contributed by atoms with Gasteiger partial charge in [-0.2, -0.15) is 0 Å². The van der Waals surface area contributed by atoms with Gasteiger partial charge in [0.2, 0.25) is 5.91 Å². The van der Waals surface area contributed by atoms with E-state index >= 15 is 0 Å². The van der Waals surface area contributed by atoms with E-state index in [2.05, 4.69) is 17.1 Å². The van der Waals surface area contributed by atoms with E-state index in [1.54, 1.807) is 6.26 Å². The summed E-state index contributed by atoms with van der Waals surface area (Å²) in [7, 11) is 0. The number of nitrogens with two attached hydrogens (primary N) is 1. The highest BCUT2D eigenvalue weighted by molar-refractivity contribution is 5.78. The van der Waals surface area contributed by atoms with Crippen LogP contribution in [-0.2, 0) is 11.3 Å². The fraction of sp³-hybridized carbons (Fsp3) is 0.688. The Morgan fingerprint density at radius 2 is 2.29 bits per heavy atom. The molecule has 1 aliphatic carbocycles. The molecule has 21 heavy (non-hydrogen) atoms. The fourth-order valence-electron chi connectivity index (χ4n) is 3.25. The third-order valence-electron chi connectivity index (χ3n) is 4.43. The molecule has 1 aromatic rings. The summed E-state index contributed by atoms with van der Waals surface area (Å²) in [6.07, 6.45) is 6.47. The van der Waals surface area contributed by atoms with Crippen molar-refractivity contribution in [1.82, 2.24) is 10.2 Å². The van der Waals surface area contributed by atoms with Crippen LogP contribution in [0.3, 0.4) is 0 Å². The molecule has 2 atom stereocenters. The summed E-state index contributed by atoms with van der Waals surface area (Å²) in [5.41, 5.74) is 5.90. The maximum atomic E-state index is 12.1. The van der Waals surface area contributed by atoms with Crippen LogP contribution >= 0.6 is 0 Å². The van der Waals surface area contributed by atoms with Crippen LogP contribution in [0, 0.1) is 5.92 Å². The van der Waals surface area contributed by atoms with Crippen LogP contribution in [0.2, 0.25) is 0 Å². The predicted octanol–water partition coefficient (Wildman–Crippen LogP) is 1.74. The lowest BCUT2D eigenvalue weighted by molar-refractivity contribution is -0.123. The maximum absolute atomic E-state index is 12.1. The van der Waals surface area contributed by atoms with Crippen molar-refractivity contribution in [3.05, 3.63) is 24.2 Å². The zero-order chi connectivity index (χ0) is 15.1. The summed E-state index contributed by atoms with van der Waals surface area (Å²) < 4.78 is 5.22. The van der Waals surface area contributed by atoms with Gasteiger partial charge in [0.05, 0.1) is 19.4 Å². The monoisotopic (exact) mass is 293 g/mol. The number of hydrogen-bond donors (Lipinski definition) is 2. The van der Waals surface area contributed by atoms with E-state index in [-0.39, 0.29) is 5.91 Å². The molecule has 0 spiro atoms. The Hall–Kier alpha value is -1.33. The van der Waals surface area contributed by atoms with E-state index in [9.17, 15) is 4.79 Å². The van der Waals surface area contributed by atoms with Gasteiger partial charge in [-0.25, -0.2) is 0 Å². The third-order valence-corrected chi connectivity index (χ3v) is 4.43. The van der Waals surface area contributed by atoms with Gasteiger partial charge in [0.15, 0.2) is 0 Å². The van der Waals surface area contributed by atoms with Crippen molar-refractivity contribution in [2.24, 2.45) is 11.7 Å². The molecule has 2 rings (SSSR count). The van der Waals surface area contributed by atoms with Gasteiger partial charge >= 0.3 is 0 Å². The number of nitrogens with zero attached hydrogens (tertiary/aromatic N) is 1. The summed E-state index contributed by atoms with van der Waals surface area (Å²) in [6, 6.07) is 4.14. The van der Waals surface area contributed by atoms with Gasteiger partial charge in [-0.15, -0.1) is 0 Å². The molecular weight excluding hydrogens is 266 g/mol. The van der Waals surface area contributed by atoms with E-state index in [1.165, 1.54) is 19.3 Å². The zero-order valence-corrected chi connectivity index (χ0v) is 12.9. The molecule has 1 aliphatic rings. The van der Waals surface area contributed by atoms with Gasteiger partial charge in [-0.1, -0.05) is 19.8 Å². The molecular formula is C16H27N3O2. The second kappa shape index (κ2) is 8.20. The molecule has 5 heteroatoms. The average molecular weight is 293 g/mol. The van der Waals surface area contributed by atoms with Crippen molar-refractivity contribution >= 4 is 5.91 Å². The molecule has 0 radical (unpaired) electrons. The lowest BCUT2D eigenvalue weighted by atomic mass is 9.83. The predicted molar refractivity (Wildman–Crippen MR) is 82.6 cm³/mol. The third kappa shape index (κ3) is 4.58. The Morgan fingerprint density at radius 1 is 1.48 bits per heavy atom. The maximum Gasteiger partial charge on any atom is 0.234 e. The standard InChI is InChI=1S/C16H27N3O2/c1-2-19(15-8-4-3-6-13(15)10-17)12-16(20)18-11-14-7-5-9-21-14/h5,7,9,13,15H,2-4,6,8,10-12,17H2,1H3,(H,18,20). The van der Waals surface area contributed by atoms with E-state index in [0.717, 1.165) is 25.3 Å². The van der Waals surface area contributed by atoms with E-state index < -0.39 is 0 Å². The van der Waals surface area contributed by atoms with Crippen LogP contribution in [-0.4, -0.2) is 36.5 Å². The molecule has 1 amide bonds. The molecule has 1 heterocycles. The number of furan rings is 1. The van der Waals surface area contributed by atoms with Crippen molar-refractivity contribution in [2.45, 2.75) is 45.2 Å². The SMILES string of the molecule is CCN(CC(=O)NCc1ccco1)C1CCCCC1CN. The Bertz CT molecular complexity index is 419. The first-order chi connectivity index (χ1) is 10.2. The summed E-state index contributed by atoms with van der Waals surface area (Å²) in [5.74, 6) is 1.36. The van der Waals surface area contributed by atoms with Crippen LogP contribution in [0.1, 0.15) is 38.4 Å². The second-order valence-electron chi connectivity index (χ2n) is 5.77. The Morgan fingerprint density at radius 3 is 2.95 bits per heavy atom. The van der Waals surface area contributed by atoms with Crippen LogP contribution in [0.25, 0.3) is 0 Å². The first-order valence-corrected chi connectivity index (χ1v) is 7.97. The number of rotatable bonds is 7. The highest BCUT2D eigenvalue weighted by Crippen LogP contribution is 2.27. The molecule has 2 unspecified atom stereocenters. The largest absolute Gasteiger partial charge is 0.467 e. The molecule has 0 aromatic carbocycles. The molecule has 0 aliphatic heterocycles. The lowest BCUT2D eigenvalue weighted by Gasteiger charge is -2.38. The number of carbonyl (C=O) groups excluding carboxylic acids is 1. The smallest absolute Gasteiger partial charge is 0.234 e. The summed E-state index contributed by atoms with van der Waals surface area (Å²) >= 11 is 0. The normalized spacial score (nSPS) is 22.4. The Balaban J connectivity index is 1.84. The van der Waals surface area contributed by atoms with E-state index in [4.69, 9.17) is 10.2 Å². The molecule has 3 N–H and O–H groups in total. The van der Waals surface area contributed by atoms with Crippen molar-refractivity contribution in [3.8, 4) is 0 Å². The summed E-state index contributed by atoms with van der Waals surface area (Å²) in [4.78, 5) is 14.4. The Kier molecular flexibility index (Phi) is 6.26. The molecule has 118 valence electrons. The van der Waals surface area contributed by atoms with Crippen LogP contribution in [0.4, 0.5) is 0 Å². The van der Waals surface area contributed by atoms with Gasteiger partial charge in [0.1, 0.15) is 5.76 Å². The first kappa shape index (κ1) is 16.0. The lowest BCUT2D eigenvalue weighted by Crippen LogP contribution is -2.48. The van der Waals surface area contributed by atoms with Gasteiger partial charge in [-0.05, 0) is 44.0 Å². The summed E-state index contributed by atoms with van der Waals surface area (Å²) in [5, 5.41) is 2.92. The Labute approximate surface area is 126 Å². The molecule has 5 nitrogen and oxygen atoms in total. The number of nitrogens with one attached hydrogen (secondary N) is 1. The van der Waals surface area contributed by atoms with Gasteiger partial charge in [-0.3, -0.25) is 9.69 Å². The van der Waals surface area contributed by atoms with Crippen molar-refractivity contribution in [1.29, 1.82) is 0 Å². The highest BCUT2D eigenvalue weighted by atomic mass is 16.3. The number of carbonyl (C=O) groups is 1. The molecule has 1 fully saturated rings. The minimum atomic E-state index is 0.0506. The van der Waals surface area contributed by atoms with E-state index in [1.807, 2.05) is 12.1 Å². The van der Waals surface area contributed by atoms with E-state index in [0.29, 0.717) is 25.0 Å². The number of hydrogen-bond acceptors (Lipinski definition) is 4.